The minimum absolute atomic E-state index is 0.0335. The number of carbonyl (C=O) groups excluding carboxylic acids is 2. The quantitative estimate of drug-likeness (QED) is 0.557. The Morgan fingerprint density at radius 3 is 2.63 bits per heavy atom. The number of ether oxygens (including phenoxy) is 3. The lowest BCUT2D eigenvalue weighted by molar-refractivity contribution is -0.273. The minimum atomic E-state index is -1.09. The van der Waals surface area contributed by atoms with Crippen LogP contribution < -0.4 is 0 Å². The van der Waals surface area contributed by atoms with Crippen LogP contribution in [0.4, 0.5) is 0 Å². The molecule has 0 radical (unpaired) electrons. The van der Waals surface area contributed by atoms with Gasteiger partial charge in [-0.2, -0.15) is 0 Å². The fraction of sp³-hybridized carbons (Fsp3) is 0.905. The summed E-state index contributed by atoms with van der Waals surface area (Å²) in [5.74, 6) is -0.597. The molecule has 2 heterocycles. The molecule has 0 aromatic heterocycles. The van der Waals surface area contributed by atoms with Crippen molar-refractivity contribution >= 4 is 11.8 Å². The lowest BCUT2D eigenvalue weighted by Crippen LogP contribution is -2.70. The van der Waals surface area contributed by atoms with Crippen LogP contribution >= 0.6 is 0 Å². The number of ketones is 1. The Balaban J connectivity index is 1.74. The van der Waals surface area contributed by atoms with E-state index >= 15 is 0 Å². The SMILES string of the molecule is CO[C@@H]1O[C@@H](O)[C@@H]2C(C)(C)CC[C@@H]3OC(=O)[C@@]45C[C@H](CC[C@H]4C132)[C@@H](C)C5=O. The maximum absolute atomic E-state index is 13.4. The Labute approximate surface area is 159 Å². The molecule has 6 heteroatoms. The van der Waals surface area contributed by atoms with E-state index in [0.29, 0.717) is 12.8 Å². The zero-order valence-electron chi connectivity index (χ0n) is 16.6. The van der Waals surface area contributed by atoms with E-state index in [0.717, 1.165) is 19.3 Å². The number of methoxy groups -OCH3 is 1. The molecular weight excluding hydrogens is 348 g/mol. The Morgan fingerprint density at radius 1 is 1.19 bits per heavy atom. The topological polar surface area (TPSA) is 82.1 Å². The van der Waals surface area contributed by atoms with Crippen LogP contribution in [0, 0.1) is 39.9 Å². The Morgan fingerprint density at radius 2 is 1.93 bits per heavy atom. The molecule has 27 heavy (non-hydrogen) atoms. The lowest BCUT2D eigenvalue weighted by atomic mass is 9.43. The number of fused-ring (bicyclic) bond motifs is 1. The smallest absolute Gasteiger partial charge is 0.320 e. The number of aliphatic hydroxyl groups excluding tert-OH is 1. The van der Waals surface area contributed by atoms with Gasteiger partial charge in [0.1, 0.15) is 11.5 Å². The molecule has 9 atom stereocenters. The van der Waals surface area contributed by atoms with Crippen LogP contribution in [-0.2, 0) is 23.8 Å². The number of Topliss-reactive ketones (excluding diaryl/α,β-unsaturated/α-hetero) is 1. The van der Waals surface area contributed by atoms with E-state index in [4.69, 9.17) is 14.2 Å². The predicted octanol–water partition coefficient (Wildman–Crippen LogP) is 2.28. The highest BCUT2D eigenvalue weighted by Gasteiger charge is 2.80. The first-order valence-corrected chi connectivity index (χ1v) is 10.3. The van der Waals surface area contributed by atoms with E-state index in [1.165, 1.54) is 0 Å². The average molecular weight is 378 g/mol. The Bertz CT molecular complexity index is 703. The summed E-state index contributed by atoms with van der Waals surface area (Å²) in [7, 11) is 1.58. The van der Waals surface area contributed by atoms with Crippen LogP contribution in [0.2, 0.25) is 0 Å². The van der Waals surface area contributed by atoms with Crippen molar-refractivity contribution in [3.8, 4) is 0 Å². The third-order valence-electron chi connectivity index (χ3n) is 8.94. The number of hydrogen-bond donors (Lipinski definition) is 1. The van der Waals surface area contributed by atoms with E-state index in [-0.39, 0.29) is 46.9 Å². The van der Waals surface area contributed by atoms with Crippen molar-refractivity contribution in [3.63, 3.8) is 0 Å². The van der Waals surface area contributed by atoms with Crippen molar-refractivity contribution in [2.45, 2.75) is 71.6 Å². The van der Waals surface area contributed by atoms with Crippen LogP contribution in [0.5, 0.6) is 0 Å². The summed E-state index contributed by atoms with van der Waals surface area (Å²) in [5.41, 5.74) is -1.96. The molecule has 3 saturated carbocycles. The molecule has 5 fully saturated rings. The second kappa shape index (κ2) is 5.33. The molecule has 0 amide bonds. The molecule has 0 aromatic rings. The maximum Gasteiger partial charge on any atom is 0.320 e. The summed E-state index contributed by atoms with van der Waals surface area (Å²) in [6, 6.07) is 0. The largest absolute Gasteiger partial charge is 0.461 e. The molecule has 5 rings (SSSR count). The van der Waals surface area contributed by atoms with Gasteiger partial charge in [-0.25, -0.2) is 0 Å². The van der Waals surface area contributed by atoms with Gasteiger partial charge in [0.2, 0.25) is 0 Å². The second-order valence-corrected chi connectivity index (χ2v) is 10.2. The van der Waals surface area contributed by atoms with Gasteiger partial charge in [-0.05, 0) is 49.4 Å². The summed E-state index contributed by atoms with van der Waals surface area (Å²) in [6.07, 6.45) is 1.82. The average Bonchev–Trinajstić information content (AvgIpc) is 3.04. The van der Waals surface area contributed by atoms with Gasteiger partial charge in [0.05, 0.1) is 5.41 Å². The van der Waals surface area contributed by atoms with Crippen LogP contribution in [0.1, 0.15) is 52.9 Å². The van der Waals surface area contributed by atoms with Crippen LogP contribution in [0.25, 0.3) is 0 Å². The number of aliphatic hydroxyl groups is 1. The first kappa shape index (κ1) is 18.1. The van der Waals surface area contributed by atoms with Crippen molar-refractivity contribution in [1.29, 1.82) is 0 Å². The van der Waals surface area contributed by atoms with E-state index in [2.05, 4.69) is 13.8 Å². The van der Waals surface area contributed by atoms with Crippen molar-refractivity contribution in [1.82, 2.24) is 0 Å². The lowest BCUT2D eigenvalue weighted by Gasteiger charge is -2.62. The fourth-order valence-corrected chi connectivity index (χ4v) is 7.91. The molecule has 2 aliphatic heterocycles. The van der Waals surface area contributed by atoms with Gasteiger partial charge < -0.3 is 19.3 Å². The molecule has 1 unspecified atom stereocenters. The normalized spacial score (nSPS) is 55.5. The molecule has 1 N–H and O–H groups in total. The number of carbonyl (C=O) groups is 2. The van der Waals surface area contributed by atoms with E-state index in [1.807, 2.05) is 6.92 Å². The summed E-state index contributed by atoms with van der Waals surface area (Å²) < 4.78 is 17.7. The molecule has 2 bridgehead atoms. The van der Waals surface area contributed by atoms with Gasteiger partial charge in [0, 0.05) is 18.9 Å². The van der Waals surface area contributed by atoms with Crippen LogP contribution in [0.15, 0.2) is 0 Å². The fourth-order valence-electron chi connectivity index (χ4n) is 7.91. The summed E-state index contributed by atoms with van der Waals surface area (Å²) in [6.45, 7) is 6.25. The first-order chi connectivity index (χ1) is 12.7. The van der Waals surface area contributed by atoms with Gasteiger partial charge >= 0.3 is 5.97 Å². The molecule has 2 saturated heterocycles. The van der Waals surface area contributed by atoms with Gasteiger partial charge in [-0.15, -0.1) is 0 Å². The maximum atomic E-state index is 13.4. The van der Waals surface area contributed by atoms with Crippen molar-refractivity contribution < 1.29 is 28.9 Å². The second-order valence-electron chi connectivity index (χ2n) is 10.2. The number of rotatable bonds is 1. The zero-order valence-corrected chi connectivity index (χ0v) is 16.6. The third-order valence-corrected chi connectivity index (χ3v) is 8.94. The van der Waals surface area contributed by atoms with E-state index in [1.54, 1.807) is 7.11 Å². The van der Waals surface area contributed by atoms with E-state index < -0.39 is 23.4 Å². The highest BCUT2D eigenvalue weighted by atomic mass is 16.7. The highest BCUT2D eigenvalue weighted by Crippen LogP contribution is 2.72. The summed E-state index contributed by atoms with van der Waals surface area (Å²) in [5, 5.41) is 10.9. The Kier molecular flexibility index (Phi) is 3.57. The van der Waals surface area contributed by atoms with Crippen molar-refractivity contribution in [2.75, 3.05) is 7.11 Å². The highest BCUT2D eigenvalue weighted by molar-refractivity contribution is 6.07. The van der Waals surface area contributed by atoms with Gasteiger partial charge in [0.15, 0.2) is 18.4 Å². The standard InChI is InChI=1S/C21H30O6/c1-10-11-5-6-12-20(9-11,15(10)22)17(24)26-13-7-8-19(2,3)14-16(23)27-18(25-4)21(12,13)14/h10-14,16,18,23H,5-9H2,1-4H3/t10-,11+,12-,13+,14-,16-,18-,20+,21?/m1/s1. The van der Waals surface area contributed by atoms with Crippen molar-refractivity contribution in [3.05, 3.63) is 0 Å². The zero-order chi connectivity index (χ0) is 19.4. The molecule has 2 spiro atoms. The molecular formula is C21H30O6. The van der Waals surface area contributed by atoms with Gasteiger partial charge in [-0.3, -0.25) is 9.59 Å². The molecule has 5 aliphatic rings. The van der Waals surface area contributed by atoms with Crippen LogP contribution in [-0.4, -0.2) is 42.7 Å². The predicted molar refractivity (Wildman–Crippen MR) is 94.1 cm³/mol. The van der Waals surface area contributed by atoms with Gasteiger partial charge in [-0.1, -0.05) is 20.8 Å². The van der Waals surface area contributed by atoms with E-state index in [9.17, 15) is 14.7 Å². The number of esters is 1. The van der Waals surface area contributed by atoms with Gasteiger partial charge in [0.25, 0.3) is 0 Å². The summed E-state index contributed by atoms with van der Waals surface area (Å²) >= 11 is 0. The minimum Gasteiger partial charge on any atom is -0.461 e. The first-order valence-electron chi connectivity index (χ1n) is 10.3. The van der Waals surface area contributed by atoms with Crippen LogP contribution in [0.3, 0.4) is 0 Å². The number of hydrogen-bond acceptors (Lipinski definition) is 6. The summed E-state index contributed by atoms with van der Waals surface area (Å²) in [4.78, 5) is 26.7. The Hall–Kier alpha value is -0.980. The van der Waals surface area contributed by atoms with Crippen molar-refractivity contribution in [2.24, 2.45) is 39.9 Å². The monoisotopic (exact) mass is 378 g/mol. The molecule has 6 nitrogen and oxygen atoms in total. The molecule has 0 aromatic carbocycles. The third kappa shape index (κ3) is 1.83. The molecule has 3 aliphatic carbocycles. The molecule has 150 valence electrons.